The number of amides is 2. The van der Waals surface area contributed by atoms with Crippen LogP contribution in [0, 0.1) is 5.82 Å². The van der Waals surface area contributed by atoms with Crippen molar-refractivity contribution in [2.45, 2.75) is 20.0 Å². The molecule has 2 rings (SSSR count). The summed E-state index contributed by atoms with van der Waals surface area (Å²) in [6.45, 7) is 3.88. The van der Waals surface area contributed by atoms with Gasteiger partial charge in [-0.25, -0.2) is 4.39 Å². The Bertz CT molecular complexity index is 791. The third-order valence-electron chi connectivity index (χ3n) is 3.55. The Balaban J connectivity index is 2.43. The molecule has 0 aliphatic heterocycles. The van der Waals surface area contributed by atoms with Crippen LogP contribution in [-0.4, -0.2) is 30.4 Å². The number of hydrogen-bond donors (Lipinski definition) is 3. The number of benzene rings is 1. The Kier molecular flexibility index (Phi) is 6.19. The molecule has 0 saturated heterocycles. The number of ether oxygens (including phenoxy) is 1. The number of hydrogen-bond acceptors (Lipinski definition) is 3. The van der Waals surface area contributed by atoms with E-state index in [1.54, 1.807) is 32.0 Å². The van der Waals surface area contributed by atoms with Gasteiger partial charge in [0.1, 0.15) is 23.3 Å². The summed E-state index contributed by atoms with van der Waals surface area (Å²) in [6, 6.07) is 6.22. The second-order valence-electron chi connectivity index (χ2n) is 5.24. The van der Waals surface area contributed by atoms with Crippen LogP contribution in [0.15, 0.2) is 28.7 Å². The molecule has 0 bridgehead atoms. The first-order chi connectivity index (χ1) is 11.9. The summed E-state index contributed by atoms with van der Waals surface area (Å²) in [5.74, 6) is -1.09. The zero-order chi connectivity index (χ0) is 18.6. The maximum atomic E-state index is 14.0. The number of H-pyrrole nitrogens is 1. The monoisotopic (exact) mass is 411 g/mol. The van der Waals surface area contributed by atoms with Crippen molar-refractivity contribution in [2.75, 3.05) is 13.6 Å². The quantitative estimate of drug-likeness (QED) is 0.682. The zero-order valence-corrected chi connectivity index (χ0v) is 15.7. The van der Waals surface area contributed by atoms with Gasteiger partial charge in [0.15, 0.2) is 5.75 Å². The van der Waals surface area contributed by atoms with Gasteiger partial charge in [0.05, 0.1) is 4.47 Å². The first-order valence-corrected chi connectivity index (χ1v) is 8.52. The molecule has 0 radical (unpaired) electrons. The molecule has 0 aliphatic carbocycles. The van der Waals surface area contributed by atoms with Crippen molar-refractivity contribution in [2.24, 2.45) is 0 Å². The van der Waals surface area contributed by atoms with Crippen LogP contribution in [0.5, 0.6) is 5.75 Å². The number of aromatic nitrogens is 1. The number of rotatable bonds is 6. The minimum absolute atomic E-state index is 0.0822. The molecule has 2 amide bonds. The van der Waals surface area contributed by atoms with E-state index >= 15 is 0 Å². The lowest BCUT2D eigenvalue weighted by Crippen LogP contribution is -2.24. The normalized spacial score (nSPS) is 11.7. The fraction of sp³-hybridized carbons (Fsp3) is 0.294. The van der Waals surface area contributed by atoms with Gasteiger partial charge in [-0.1, -0.05) is 18.2 Å². The summed E-state index contributed by atoms with van der Waals surface area (Å²) >= 11 is 3.30. The number of halogens is 2. The third kappa shape index (κ3) is 4.01. The molecule has 1 heterocycles. The van der Waals surface area contributed by atoms with Crippen LogP contribution in [0.4, 0.5) is 4.39 Å². The van der Waals surface area contributed by atoms with Crippen LogP contribution in [0.1, 0.15) is 46.5 Å². The SMILES string of the molecule is CCNC(=O)c1[nH]c(C(=O)NC)c(OC(C)c2ccccc2F)c1Br. The first-order valence-electron chi connectivity index (χ1n) is 7.73. The van der Waals surface area contributed by atoms with Crippen LogP contribution >= 0.6 is 15.9 Å². The Morgan fingerprint density at radius 1 is 1.28 bits per heavy atom. The molecule has 1 unspecified atom stereocenters. The van der Waals surface area contributed by atoms with E-state index in [9.17, 15) is 14.0 Å². The summed E-state index contributed by atoms with van der Waals surface area (Å²) in [6.07, 6.45) is -0.668. The van der Waals surface area contributed by atoms with Crippen molar-refractivity contribution >= 4 is 27.7 Å². The van der Waals surface area contributed by atoms with Gasteiger partial charge in [-0.05, 0) is 35.8 Å². The highest BCUT2D eigenvalue weighted by atomic mass is 79.9. The molecular formula is C17H19BrFN3O3. The van der Waals surface area contributed by atoms with Gasteiger partial charge in [-0.15, -0.1) is 0 Å². The highest BCUT2D eigenvalue weighted by Crippen LogP contribution is 2.36. The standard InChI is InChI=1S/C17H19BrFN3O3/c1-4-21-17(24)13-12(18)15(14(22-13)16(23)20-3)25-9(2)10-7-5-6-8-11(10)19/h5-9,22H,4H2,1-3H3,(H,20,23)(H,21,24). The van der Waals surface area contributed by atoms with E-state index in [-0.39, 0.29) is 23.0 Å². The topological polar surface area (TPSA) is 83.2 Å². The number of aromatic amines is 1. The van der Waals surface area contributed by atoms with Gasteiger partial charge >= 0.3 is 0 Å². The molecule has 6 nitrogen and oxygen atoms in total. The van der Waals surface area contributed by atoms with Crippen LogP contribution in [0.2, 0.25) is 0 Å². The Labute approximate surface area is 153 Å². The molecule has 0 aliphatic rings. The molecule has 0 spiro atoms. The van der Waals surface area contributed by atoms with Crippen molar-refractivity contribution in [3.05, 3.63) is 51.5 Å². The minimum atomic E-state index is -0.668. The molecule has 1 aromatic heterocycles. The molecule has 0 fully saturated rings. The second-order valence-corrected chi connectivity index (χ2v) is 6.03. The highest BCUT2D eigenvalue weighted by Gasteiger charge is 2.27. The third-order valence-corrected chi connectivity index (χ3v) is 4.31. The predicted octanol–water partition coefficient (Wildman–Crippen LogP) is 3.17. The molecule has 25 heavy (non-hydrogen) atoms. The number of carbonyl (C=O) groups excluding carboxylic acids is 2. The second kappa shape index (κ2) is 8.15. The zero-order valence-electron chi connectivity index (χ0n) is 14.1. The fourth-order valence-corrected chi connectivity index (χ4v) is 2.88. The molecule has 0 saturated carbocycles. The van der Waals surface area contributed by atoms with Gasteiger partial charge < -0.3 is 20.4 Å². The Hall–Kier alpha value is -2.35. The lowest BCUT2D eigenvalue weighted by molar-refractivity contribution is 0.0950. The van der Waals surface area contributed by atoms with E-state index in [0.717, 1.165) is 0 Å². The highest BCUT2D eigenvalue weighted by molar-refractivity contribution is 9.10. The maximum absolute atomic E-state index is 14.0. The average molecular weight is 412 g/mol. The van der Waals surface area contributed by atoms with Gasteiger partial charge in [0, 0.05) is 19.2 Å². The summed E-state index contributed by atoms with van der Waals surface area (Å²) in [7, 11) is 1.47. The molecular weight excluding hydrogens is 393 g/mol. The van der Waals surface area contributed by atoms with Crippen molar-refractivity contribution in [1.82, 2.24) is 15.6 Å². The molecule has 1 atom stereocenters. The van der Waals surface area contributed by atoms with E-state index < -0.39 is 17.8 Å². The summed E-state index contributed by atoms with van der Waals surface area (Å²) in [5, 5.41) is 5.13. The van der Waals surface area contributed by atoms with Crippen molar-refractivity contribution in [3.63, 3.8) is 0 Å². The van der Waals surface area contributed by atoms with Crippen LogP contribution in [0.3, 0.4) is 0 Å². The first kappa shape index (κ1) is 19.0. The molecule has 8 heteroatoms. The van der Waals surface area contributed by atoms with Gasteiger partial charge in [0.25, 0.3) is 11.8 Å². The molecule has 134 valence electrons. The molecule has 1 aromatic carbocycles. The van der Waals surface area contributed by atoms with Crippen LogP contribution in [0.25, 0.3) is 0 Å². The van der Waals surface area contributed by atoms with Crippen molar-refractivity contribution in [3.8, 4) is 5.75 Å². The number of nitrogens with one attached hydrogen (secondary N) is 3. The molecule has 3 N–H and O–H groups in total. The van der Waals surface area contributed by atoms with E-state index in [0.29, 0.717) is 16.6 Å². The Morgan fingerprint density at radius 3 is 2.56 bits per heavy atom. The van der Waals surface area contributed by atoms with Crippen molar-refractivity contribution in [1.29, 1.82) is 0 Å². The van der Waals surface area contributed by atoms with Gasteiger partial charge in [-0.2, -0.15) is 0 Å². The van der Waals surface area contributed by atoms with Gasteiger partial charge in [-0.3, -0.25) is 9.59 Å². The number of carbonyl (C=O) groups is 2. The maximum Gasteiger partial charge on any atom is 0.271 e. The van der Waals surface area contributed by atoms with Crippen molar-refractivity contribution < 1.29 is 18.7 Å². The predicted molar refractivity (Wildman–Crippen MR) is 95.3 cm³/mol. The van der Waals surface area contributed by atoms with E-state index in [1.165, 1.54) is 13.1 Å². The minimum Gasteiger partial charge on any atom is -0.482 e. The largest absolute Gasteiger partial charge is 0.482 e. The fourth-order valence-electron chi connectivity index (χ4n) is 2.31. The van der Waals surface area contributed by atoms with E-state index in [1.807, 2.05) is 0 Å². The lowest BCUT2D eigenvalue weighted by atomic mass is 10.1. The lowest BCUT2D eigenvalue weighted by Gasteiger charge is -2.16. The smallest absolute Gasteiger partial charge is 0.271 e. The molecule has 2 aromatic rings. The van der Waals surface area contributed by atoms with E-state index in [2.05, 4.69) is 31.5 Å². The van der Waals surface area contributed by atoms with E-state index in [4.69, 9.17) is 4.74 Å². The summed E-state index contributed by atoms with van der Waals surface area (Å²) in [4.78, 5) is 27.0. The van der Waals surface area contributed by atoms with Gasteiger partial charge in [0.2, 0.25) is 0 Å². The van der Waals surface area contributed by atoms with Crippen LogP contribution < -0.4 is 15.4 Å². The summed E-state index contributed by atoms with van der Waals surface area (Å²) < 4.78 is 20.1. The Morgan fingerprint density at radius 2 is 1.96 bits per heavy atom. The van der Waals surface area contributed by atoms with Crippen LogP contribution in [-0.2, 0) is 0 Å². The summed E-state index contributed by atoms with van der Waals surface area (Å²) in [5.41, 5.74) is 0.591. The average Bonchev–Trinajstić information content (AvgIpc) is 2.91.